The van der Waals surface area contributed by atoms with Crippen LogP contribution in [0.3, 0.4) is 0 Å². The monoisotopic (exact) mass is 328 g/mol. The van der Waals surface area contributed by atoms with Gasteiger partial charge in [0.15, 0.2) is 12.2 Å². The lowest BCUT2D eigenvalue weighted by Gasteiger charge is -2.17. The van der Waals surface area contributed by atoms with Gasteiger partial charge in [-0.3, -0.25) is 9.59 Å². The van der Waals surface area contributed by atoms with Crippen LogP contribution in [-0.2, 0) is 9.59 Å². The van der Waals surface area contributed by atoms with Crippen LogP contribution in [0.15, 0.2) is 48.5 Å². The van der Waals surface area contributed by atoms with Gasteiger partial charge in [0.25, 0.3) is 11.8 Å². The van der Waals surface area contributed by atoms with Crippen molar-refractivity contribution < 1.29 is 19.8 Å². The molecule has 0 spiro atoms. The summed E-state index contributed by atoms with van der Waals surface area (Å²) >= 11 is 0. The quantitative estimate of drug-likeness (QED) is 0.670. The van der Waals surface area contributed by atoms with E-state index in [1.54, 1.807) is 36.4 Å². The minimum atomic E-state index is -1.88. The third-order valence-electron chi connectivity index (χ3n) is 3.41. The smallest absolute Gasteiger partial charge is 0.256 e. The molecule has 126 valence electrons. The molecular formula is C18H20N2O4. The molecular weight excluding hydrogens is 308 g/mol. The standard InChI is InChI=1S/C18H20N2O4/c1-11-5-3-7-13(9-11)19-17(23)15(21)16(22)18(24)20-14-8-4-6-12(2)10-14/h3-10,15-16,21-22H,1-2H3,(H,19,23)(H,20,24)/t15-,16-/m1/s1. The zero-order valence-corrected chi connectivity index (χ0v) is 13.5. The number of aliphatic hydroxyl groups is 2. The summed E-state index contributed by atoms with van der Waals surface area (Å²) in [6, 6.07) is 13.9. The minimum absolute atomic E-state index is 0.477. The van der Waals surface area contributed by atoms with Gasteiger partial charge >= 0.3 is 0 Å². The van der Waals surface area contributed by atoms with Crippen molar-refractivity contribution in [2.24, 2.45) is 0 Å². The van der Waals surface area contributed by atoms with Gasteiger partial charge in [-0.1, -0.05) is 24.3 Å². The summed E-state index contributed by atoms with van der Waals surface area (Å²) in [5.41, 5.74) is 2.82. The Bertz CT molecular complexity index is 682. The zero-order chi connectivity index (χ0) is 17.7. The highest BCUT2D eigenvalue weighted by atomic mass is 16.3. The average molecular weight is 328 g/mol. The number of nitrogens with one attached hydrogen (secondary N) is 2. The number of benzene rings is 2. The second kappa shape index (κ2) is 7.72. The summed E-state index contributed by atoms with van der Waals surface area (Å²) in [6.45, 7) is 3.71. The molecule has 0 heterocycles. The Morgan fingerprint density at radius 2 is 1.17 bits per heavy atom. The first-order chi connectivity index (χ1) is 11.4. The van der Waals surface area contributed by atoms with Gasteiger partial charge in [-0.25, -0.2) is 0 Å². The van der Waals surface area contributed by atoms with Crippen molar-refractivity contribution in [1.29, 1.82) is 0 Å². The molecule has 0 fully saturated rings. The maximum atomic E-state index is 12.0. The maximum absolute atomic E-state index is 12.0. The van der Waals surface area contributed by atoms with Crippen LogP contribution >= 0.6 is 0 Å². The van der Waals surface area contributed by atoms with Crippen LogP contribution in [0, 0.1) is 13.8 Å². The van der Waals surface area contributed by atoms with E-state index in [0.717, 1.165) is 11.1 Å². The molecule has 0 aromatic heterocycles. The fourth-order valence-electron chi connectivity index (χ4n) is 2.16. The van der Waals surface area contributed by atoms with E-state index in [4.69, 9.17) is 0 Å². The molecule has 6 nitrogen and oxygen atoms in total. The minimum Gasteiger partial charge on any atom is -0.380 e. The number of hydrogen-bond donors (Lipinski definition) is 4. The van der Waals surface area contributed by atoms with Crippen molar-refractivity contribution in [2.45, 2.75) is 26.1 Å². The Hall–Kier alpha value is -2.70. The molecule has 0 saturated carbocycles. The van der Waals surface area contributed by atoms with E-state index in [-0.39, 0.29) is 0 Å². The van der Waals surface area contributed by atoms with Crippen LogP contribution in [0.1, 0.15) is 11.1 Å². The highest BCUT2D eigenvalue weighted by Crippen LogP contribution is 2.12. The molecule has 0 aliphatic carbocycles. The van der Waals surface area contributed by atoms with Crippen molar-refractivity contribution in [2.75, 3.05) is 10.6 Å². The molecule has 2 aromatic rings. The van der Waals surface area contributed by atoms with E-state index in [9.17, 15) is 19.8 Å². The van der Waals surface area contributed by atoms with Crippen molar-refractivity contribution in [3.8, 4) is 0 Å². The second-order valence-electron chi connectivity index (χ2n) is 5.61. The van der Waals surface area contributed by atoms with Crippen molar-refractivity contribution in [3.05, 3.63) is 59.7 Å². The lowest BCUT2D eigenvalue weighted by atomic mass is 10.1. The van der Waals surface area contributed by atoms with Gasteiger partial charge in [0.1, 0.15) is 0 Å². The molecule has 0 bridgehead atoms. The predicted octanol–water partition coefficient (Wildman–Crippen LogP) is 1.60. The Morgan fingerprint density at radius 1 is 0.792 bits per heavy atom. The van der Waals surface area contributed by atoms with Crippen LogP contribution < -0.4 is 10.6 Å². The van der Waals surface area contributed by atoms with Crippen LogP contribution in [0.25, 0.3) is 0 Å². The Labute approximate surface area is 140 Å². The van der Waals surface area contributed by atoms with E-state index in [1.807, 2.05) is 26.0 Å². The maximum Gasteiger partial charge on any atom is 0.256 e. The lowest BCUT2D eigenvalue weighted by molar-refractivity contribution is -0.139. The molecule has 0 unspecified atom stereocenters. The number of anilines is 2. The first kappa shape index (κ1) is 17.7. The molecule has 4 N–H and O–H groups in total. The van der Waals surface area contributed by atoms with E-state index in [0.29, 0.717) is 11.4 Å². The topological polar surface area (TPSA) is 98.7 Å². The number of aryl methyl sites for hydroxylation is 2. The van der Waals surface area contributed by atoms with Gasteiger partial charge in [-0.2, -0.15) is 0 Å². The van der Waals surface area contributed by atoms with Crippen LogP contribution in [0.4, 0.5) is 11.4 Å². The summed E-state index contributed by atoms with van der Waals surface area (Å²) < 4.78 is 0. The number of carbonyl (C=O) groups is 2. The van der Waals surface area contributed by atoms with E-state index < -0.39 is 24.0 Å². The third kappa shape index (κ3) is 4.65. The molecule has 0 aliphatic heterocycles. The molecule has 2 rings (SSSR count). The average Bonchev–Trinajstić information content (AvgIpc) is 2.53. The Kier molecular flexibility index (Phi) is 5.68. The number of carbonyl (C=O) groups excluding carboxylic acids is 2. The summed E-state index contributed by atoms with van der Waals surface area (Å²) in [5.74, 6) is -1.71. The van der Waals surface area contributed by atoms with Gasteiger partial charge < -0.3 is 20.8 Å². The Morgan fingerprint density at radius 3 is 1.50 bits per heavy atom. The fraction of sp³-hybridized carbons (Fsp3) is 0.222. The van der Waals surface area contributed by atoms with Crippen molar-refractivity contribution in [1.82, 2.24) is 0 Å². The molecule has 2 aromatic carbocycles. The number of hydrogen-bond acceptors (Lipinski definition) is 4. The van der Waals surface area contributed by atoms with Crippen molar-refractivity contribution >= 4 is 23.2 Å². The summed E-state index contributed by atoms with van der Waals surface area (Å²) in [7, 11) is 0. The lowest BCUT2D eigenvalue weighted by Crippen LogP contribution is -2.45. The van der Waals surface area contributed by atoms with Crippen LogP contribution in [0.2, 0.25) is 0 Å². The predicted molar refractivity (Wildman–Crippen MR) is 91.6 cm³/mol. The van der Waals surface area contributed by atoms with E-state index in [1.165, 1.54) is 0 Å². The molecule has 2 amide bonds. The molecule has 24 heavy (non-hydrogen) atoms. The van der Waals surface area contributed by atoms with Gasteiger partial charge in [0, 0.05) is 11.4 Å². The largest absolute Gasteiger partial charge is 0.380 e. The zero-order valence-electron chi connectivity index (χ0n) is 13.5. The normalized spacial score (nSPS) is 13.0. The number of amides is 2. The van der Waals surface area contributed by atoms with E-state index >= 15 is 0 Å². The summed E-state index contributed by atoms with van der Waals surface area (Å²) in [5, 5.41) is 24.7. The third-order valence-corrected chi connectivity index (χ3v) is 3.41. The fourth-order valence-corrected chi connectivity index (χ4v) is 2.16. The molecule has 6 heteroatoms. The highest BCUT2D eigenvalue weighted by molar-refractivity contribution is 6.02. The Balaban J connectivity index is 1.98. The SMILES string of the molecule is Cc1cccc(NC(=O)[C@H](O)[C@@H](O)C(=O)Nc2cccc(C)c2)c1. The first-order valence-electron chi connectivity index (χ1n) is 7.48. The van der Waals surface area contributed by atoms with Gasteiger partial charge in [0.2, 0.25) is 0 Å². The van der Waals surface area contributed by atoms with Crippen LogP contribution in [0.5, 0.6) is 0 Å². The highest BCUT2D eigenvalue weighted by Gasteiger charge is 2.30. The molecule has 2 atom stereocenters. The first-order valence-corrected chi connectivity index (χ1v) is 7.48. The second-order valence-corrected chi connectivity index (χ2v) is 5.61. The summed E-state index contributed by atoms with van der Waals surface area (Å²) in [6.07, 6.45) is -3.76. The number of rotatable bonds is 5. The molecule has 0 aliphatic rings. The summed E-state index contributed by atoms with van der Waals surface area (Å²) in [4.78, 5) is 24.0. The van der Waals surface area contributed by atoms with E-state index in [2.05, 4.69) is 10.6 Å². The van der Waals surface area contributed by atoms with Crippen LogP contribution in [-0.4, -0.2) is 34.2 Å². The van der Waals surface area contributed by atoms with Gasteiger partial charge in [0.05, 0.1) is 0 Å². The molecule has 0 radical (unpaired) electrons. The van der Waals surface area contributed by atoms with Crippen molar-refractivity contribution in [3.63, 3.8) is 0 Å². The molecule has 0 saturated heterocycles. The van der Waals surface area contributed by atoms with Gasteiger partial charge in [-0.05, 0) is 49.2 Å². The number of aliphatic hydroxyl groups excluding tert-OH is 2. The van der Waals surface area contributed by atoms with Gasteiger partial charge in [-0.15, -0.1) is 0 Å².